The Hall–Kier alpha value is -2.14. The predicted molar refractivity (Wildman–Crippen MR) is 84.0 cm³/mol. The minimum Gasteiger partial charge on any atom is -0.478 e. The van der Waals surface area contributed by atoms with Gasteiger partial charge < -0.3 is 9.67 Å². The van der Waals surface area contributed by atoms with E-state index in [4.69, 9.17) is 5.11 Å². The maximum atomic E-state index is 11.0. The molecule has 4 nitrogen and oxygen atoms in total. The van der Waals surface area contributed by atoms with Crippen LogP contribution in [0.5, 0.6) is 0 Å². The van der Waals surface area contributed by atoms with E-state index in [1.165, 1.54) is 4.88 Å². The summed E-state index contributed by atoms with van der Waals surface area (Å²) >= 11 is 1.73. The van der Waals surface area contributed by atoms with Gasteiger partial charge in [0.2, 0.25) is 0 Å². The van der Waals surface area contributed by atoms with Crippen LogP contribution in [-0.4, -0.2) is 20.6 Å². The molecule has 0 saturated heterocycles. The zero-order valence-electron chi connectivity index (χ0n) is 11.9. The highest BCUT2D eigenvalue weighted by molar-refractivity contribution is 7.10. The van der Waals surface area contributed by atoms with Gasteiger partial charge in [-0.15, -0.1) is 11.3 Å². The lowest BCUT2D eigenvalue weighted by atomic mass is 10.0. The third-order valence-corrected chi connectivity index (χ3v) is 4.53. The number of aromatic carboxylic acids is 1. The number of hydrogen-bond donors (Lipinski definition) is 1. The molecule has 0 fully saturated rings. The maximum absolute atomic E-state index is 11.0. The van der Waals surface area contributed by atoms with Crippen LogP contribution in [0.2, 0.25) is 0 Å². The molecule has 2 aromatic heterocycles. The van der Waals surface area contributed by atoms with Crippen molar-refractivity contribution in [3.8, 4) is 0 Å². The van der Waals surface area contributed by atoms with Gasteiger partial charge in [0.15, 0.2) is 0 Å². The second kappa shape index (κ2) is 5.33. The number of aromatic nitrogens is 2. The lowest BCUT2D eigenvalue weighted by Gasteiger charge is -2.22. The molecule has 0 spiro atoms. The lowest BCUT2D eigenvalue weighted by molar-refractivity contribution is 0.0697. The number of rotatable bonds is 4. The molecule has 0 amide bonds. The Morgan fingerprint density at radius 2 is 2.14 bits per heavy atom. The van der Waals surface area contributed by atoms with Gasteiger partial charge in [0.25, 0.3) is 0 Å². The van der Waals surface area contributed by atoms with Crippen LogP contribution in [0.1, 0.15) is 35.1 Å². The van der Waals surface area contributed by atoms with E-state index >= 15 is 0 Å². The van der Waals surface area contributed by atoms with Crippen molar-refractivity contribution in [1.82, 2.24) is 9.55 Å². The van der Waals surface area contributed by atoms with Crippen molar-refractivity contribution in [3.63, 3.8) is 0 Å². The summed E-state index contributed by atoms with van der Waals surface area (Å²) in [5, 5.41) is 11.1. The molecule has 0 bridgehead atoms. The lowest BCUT2D eigenvalue weighted by Crippen LogP contribution is -2.14. The van der Waals surface area contributed by atoms with Gasteiger partial charge in [0.05, 0.1) is 29.0 Å². The summed E-state index contributed by atoms with van der Waals surface area (Å²) in [5.74, 6) is -0.509. The van der Waals surface area contributed by atoms with E-state index in [2.05, 4.69) is 40.9 Å². The van der Waals surface area contributed by atoms with E-state index in [0.717, 1.165) is 11.0 Å². The Morgan fingerprint density at radius 3 is 2.76 bits per heavy atom. The first kappa shape index (κ1) is 13.8. The highest BCUT2D eigenvalue weighted by atomic mass is 32.1. The van der Waals surface area contributed by atoms with Crippen molar-refractivity contribution in [2.24, 2.45) is 5.92 Å². The number of thiophene rings is 1. The van der Waals surface area contributed by atoms with Gasteiger partial charge in [-0.1, -0.05) is 19.9 Å². The summed E-state index contributed by atoms with van der Waals surface area (Å²) in [5.41, 5.74) is 1.95. The summed E-state index contributed by atoms with van der Waals surface area (Å²) in [4.78, 5) is 16.7. The molecule has 3 aromatic rings. The SMILES string of the molecule is CC(C)C(c1cccs1)n1cnc2cc(C(=O)O)ccc21. The molecule has 21 heavy (non-hydrogen) atoms. The smallest absolute Gasteiger partial charge is 0.335 e. The zero-order valence-corrected chi connectivity index (χ0v) is 12.7. The Kier molecular flexibility index (Phi) is 3.51. The molecule has 0 aliphatic heterocycles. The number of benzene rings is 1. The fraction of sp³-hybridized carbons (Fsp3) is 0.250. The Labute approximate surface area is 126 Å². The first-order chi connectivity index (χ1) is 10.1. The number of nitrogens with zero attached hydrogens (tertiary/aromatic N) is 2. The van der Waals surface area contributed by atoms with Gasteiger partial charge in [-0.2, -0.15) is 0 Å². The summed E-state index contributed by atoms with van der Waals surface area (Å²) in [6, 6.07) is 9.50. The Balaban J connectivity index is 2.13. The van der Waals surface area contributed by atoms with Crippen LogP contribution in [0.15, 0.2) is 42.0 Å². The van der Waals surface area contributed by atoms with E-state index in [9.17, 15) is 4.79 Å². The largest absolute Gasteiger partial charge is 0.478 e. The first-order valence-electron chi connectivity index (χ1n) is 6.81. The van der Waals surface area contributed by atoms with E-state index < -0.39 is 5.97 Å². The van der Waals surface area contributed by atoms with Gasteiger partial charge in [-0.3, -0.25) is 0 Å². The average molecular weight is 300 g/mol. The second-order valence-electron chi connectivity index (χ2n) is 5.36. The summed E-state index contributed by atoms with van der Waals surface area (Å²) in [6.07, 6.45) is 1.81. The zero-order chi connectivity index (χ0) is 15.0. The number of carbonyl (C=O) groups is 1. The summed E-state index contributed by atoms with van der Waals surface area (Å²) in [7, 11) is 0. The van der Waals surface area contributed by atoms with Crippen molar-refractivity contribution in [3.05, 3.63) is 52.5 Å². The second-order valence-corrected chi connectivity index (χ2v) is 6.34. The topological polar surface area (TPSA) is 55.1 Å². The first-order valence-corrected chi connectivity index (χ1v) is 7.69. The summed E-state index contributed by atoms with van der Waals surface area (Å²) < 4.78 is 2.14. The van der Waals surface area contributed by atoms with E-state index in [1.54, 1.807) is 29.8 Å². The highest BCUT2D eigenvalue weighted by Crippen LogP contribution is 2.32. The van der Waals surface area contributed by atoms with Crippen molar-refractivity contribution in [1.29, 1.82) is 0 Å². The number of imidazole rings is 1. The normalized spacial score (nSPS) is 12.9. The molecule has 108 valence electrons. The Bertz CT molecular complexity index is 775. The van der Waals surface area contributed by atoms with Crippen LogP contribution in [0.3, 0.4) is 0 Å². The average Bonchev–Trinajstić information content (AvgIpc) is 3.08. The van der Waals surface area contributed by atoms with Crippen molar-refractivity contribution in [2.45, 2.75) is 19.9 Å². The van der Waals surface area contributed by atoms with Crippen LogP contribution < -0.4 is 0 Å². The van der Waals surface area contributed by atoms with Crippen LogP contribution >= 0.6 is 11.3 Å². The number of carboxylic acid groups (broad SMARTS) is 1. The molecule has 2 heterocycles. The number of hydrogen-bond acceptors (Lipinski definition) is 3. The van der Waals surface area contributed by atoms with E-state index in [1.807, 2.05) is 6.07 Å². The highest BCUT2D eigenvalue weighted by Gasteiger charge is 2.21. The Morgan fingerprint density at radius 1 is 1.33 bits per heavy atom. The summed E-state index contributed by atoms with van der Waals surface area (Å²) in [6.45, 7) is 4.36. The van der Waals surface area contributed by atoms with Gasteiger partial charge >= 0.3 is 5.97 Å². The number of carboxylic acids is 1. The van der Waals surface area contributed by atoms with Gasteiger partial charge in [-0.25, -0.2) is 9.78 Å². The fourth-order valence-electron chi connectivity index (χ4n) is 2.63. The van der Waals surface area contributed by atoms with Crippen LogP contribution in [0.4, 0.5) is 0 Å². The number of fused-ring (bicyclic) bond motifs is 1. The van der Waals surface area contributed by atoms with Crippen molar-refractivity contribution < 1.29 is 9.90 Å². The minimum absolute atomic E-state index is 0.214. The quantitative estimate of drug-likeness (QED) is 0.791. The molecular formula is C16H16N2O2S. The van der Waals surface area contributed by atoms with Crippen molar-refractivity contribution in [2.75, 3.05) is 0 Å². The monoisotopic (exact) mass is 300 g/mol. The molecule has 1 unspecified atom stereocenters. The molecule has 3 rings (SSSR count). The molecule has 1 aromatic carbocycles. The molecule has 0 radical (unpaired) electrons. The van der Waals surface area contributed by atoms with Gasteiger partial charge in [0.1, 0.15) is 0 Å². The van der Waals surface area contributed by atoms with Crippen LogP contribution in [0, 0.1) is 5.92 Å². The van der Waals surface area contributed by atoms with Crippen LogP contribution in [0.25, 0.3) is 11.0 Å². The van der Waals surface area contributed by atoms with Gasteiger partial charge in [0, 0.05) is 4.88 Å². The standard InChI is InChI=1S/C16H16N2O2S/c1-10(2)15(14-4-3-7-21-14)18-9-17-12-8-11(16(19)20)5-6-13(12)18/h3-10,15H,1-2H3,(H,19,20). The predicted octanol–water partition coefficient (Wildman–Crippen LogP) is 4.04. The third kappa shape index (κ3) is 2.45. The third-order valence-electron chi connectivity index (χ3n) is 3.59. The molecule has 1 atom stereocenters. The molecule has 5 heteroatoms. The van der Waals surface area contributed by atoms with E-state index in [0.29, 0.717) is 5.92 Å². The molecule has 0 saturated carbocycles. The molecular weight excluding hydrogens is 284 g/mol. The minimum atomic E-state index is -0.926. The molecule has 1 N–H and O–H groups in total. The molecule has 0 aliphatic rings. The van der Waals surface area contributed by atoms with Gasteiger partial charge in [-0.05, 0) is 35.6 Å². The van der Waals surface area contributed by atoms with E-state index in [-0.39, 0.29) is 11.6 Å². The molecule has 0 aliphatic carbocycles. The fourth-order valence-corrected chi connectivity index (χ4v) is 3.63. The van der Waals surface area contributed by atoms with Crippen molar-refractivity contribution >= 4 is 28.3 Å². The van der Waals surface area contributed by atoms with Crippen LogP contribution in [-0.2, 0) is 0 Å². The maximum Gasteiger partial charge on any atom is 0.335 e.